The van der Waals surface area contributed by atoms with Gasteiger partial charge in [-0.3, -0.25) is 58.1 Å². The maximum atomic E-state index is 15.4. The van der Waals surface area contributed by atoms with Crippen molar-refractivity contribution in [2.45, 2.75) is 144 Å². The highest BCUT2D eigenvalue weighted by atomic mass is 32.1. The van der Waals surface area contributed by atoms with Crippen molar-refractivity contribution < 1.29 is 58.2 Å². The first-order chi connectivity index (χ1) is 46.3. The second-order valence-electron chi connectivity index (χ2n) is 23.8. The predicted octanol–water partition coefficient (Wildman–Crippen LogP) is -2.68. The van der Waals surface area contributed by atoms with Crippen molar-refractivity contribution >= 4 is 99.7 Å². The Hall–Kier alpha value is -9.73. The number of aliphatic hydroxyl groups is 1. The van der Waals surface area contributed by atoms with Crippen LogP contribution >= 0.6 is 22.7 Å². The number of hydrogen-bond donors (Lipinski definition) is 14. The topological polar surface area (TPSA) is 503 Å². The normalized spacial score (nSPS) is 17.1. The van der Waals surface area contributed by atoms with E-state index in [1.54, 1.807) is 95.7 Å². The van der Waals surface area contributed by atoms with E-state index in [4.69, 9.17) is 40.1 Å². The fraction of sp³-hybridized carbons (Fsp3) is 0.484. The first kappa shape index (κ1) is 76.3. The highest BCUT2D eigenvalue weighted by Gasteiger charge is 2.46. The quantitative estimate of drug-likeness (QED) is 0.0124. The number of thiophene rings is 2. The third kappa shape index (κ3) is 23.9. The lowest BCUT2D eigenvalue weighted by Crippen LogP contribution is -2.60. The Labute approximate surface area is 570 Å². The van der Waals surface area contributed by atoms with Gasteiger partial charge in [0.15, 0.2) is 17.9 Å². The molecule has 0 bridgehead atoms. The van der Waals surface area contributed by atoms with Crippen LogP contribution < -0.4 is 66.7 Å². The van der Waals surface area contributed by atoms with Crippen molar-refractivity contribution in [2.24, 2.45) is 55.1 Å². The molecule has 0 unspecified atom stereocenters. The Morgan fingerprint density at radius 2 is 1.08 bits per heavy atom. The van der Waals surface area contributed by atoms with Gasteiger partial charge in [-0.15, -0.1) is 22.7 Å². The second-order valence-corrected chi connectivity index (χ2v) is 25.8. The Bertz CT molecular complexity index is 3370. The zero-order valence-electron chi connectivity index (χ0n) is 54.4. The summed E-state index contributed by atoms with van der Waals surface area (Å²) < 4.78 is 0. The van der Waals surface area contributed by atoms with Crippen molar-refractivity contribution in [3.63, 3.8) is 0 Å². The highest BCUT2D eigenvalue weighted by Crippen LogP contribution is 2.27. The third-order valence-corrected chi connectivity index (χ3v) is 18.3. The number of nitrogens with zero attached hydrogens (tertiary/aromatic N) is 7. The maximum Gasteiger partial charge on any atom is 0.326 e. The number of β-amino-alcohol motifs (C(OH)–C–C–N with tert-alkyl or cyclic N) is 1. The summed E-state index contributed by atoms with van der Waals surface area (Å²) in [6, 6.07) is 13.3. The molecule has 0 radical (unpaired) electrons. The van der Waals surface area contributed by atoms with Gasteiger partial charge in [-0.25, -0.2) is 4.79 Å². The summed E-state index contributed by atoms with van der Waals surface area (Å²) in [5.74, 6) is -8.27. The Kier molecular flexibility index (Phi) is 30.0. The number of likely N-dealkylation sites (N-methyl/N-ethyl adjacent to an activating group) is 2. The Morgan fingerprint density at radius 1 is 0.577 bits per heavy atom. The number of carbonyl (C=O) groups is 10. The molecule has 2 aromatic carbocycles. The SMILES string of the molecule is CN(C(=O)[C@H](Cc1cccs1)NC(=O)CNC(=O)[C@@H]1C[C@@H](O)CN1C(=O)[C@@H]1CCCN1C(=O)[C@H](CCCN=C(N)N)NC(=O)[C@H](N)CCCN=C(N)N)[C@@H](Cc1ccccc1)C(=O)N(C)[C@@H](Cc1ccccc1)C(=O)N[C@@H](Cc1cccs1)C(=O)N[C@@H](CCCN=C(N)N)C(=O)O. The largest absolute Gasteiger partial charge is 0.480 e. The number of carbonyl (C=O) groups excluding carboxylic acids is 9. The number of aliphatic imine (C=N–C) groups is 3. The molecule has 2 fully saturated rings. The van der Waals surface area contributed by atoms with Crippen molar-refractivity contribution in [3.8, 4) is 0 Å². The predicted molar refractivity (Wildman–Crippen MR) is 366 cm³/mol. The molecule has 97 heavy (non-hydrogen) atoms. The molecule has 4 aromatic rings. The van der Waals surface area contributed by atoms with Crippen LogP contribution in [0.5, 0.6) is 0 Å². The van der Waals surface area contributed by atoms with Gasteiger partial charge in [0.05, 0.1) is 18.7 Å². The van der Waals surface area contributed by atoms with E-state index >= 15 is 9.59 Å². The number of aliphatic hydroxyl groups excluding tert-OH is 1. The summed E-state index contributed by atoms with van der Waals surface area (Å²) in [5, 5.41) is 38.1. The van der Waals surface area contributed by atoms with E-state index in [0.717, 1.165) is 0 Å². The van der Waals surface area contributed by atoms with Crippen LogP contribution in [0.4, 0.5) is 0 Å². The number of aliphatic carboxylic acids is 1. The Balaban J connectivity index is 1.20. The number of likely N-dealkylation sites (tertiary alicyclic amines) is 2. The third-order valence-electron chi connectivity index (χ3n) is 16.5. The fourth-order valence-corrected chi connectivity index (χ4v) is 12.9. The number of carboxylic acids is 1. The van der Waals surface area contributed by atoms with Gasteiger partial charge in [0.1, 0.15) is 48.3 Å². The molecule has 2 saturated heterocycles. The minimum Gasteiger partial charge on any atom is -0.480 e. The number of guanidine groups is 3. The molecule has 2 aliphatic rings. The molecule has 0 aliphatic carbocycles. The summed E-state index contributed by atoms with van der Waals surface area (Å²) in [6.45, 7) is -0.401. The standard InChI is InChI=1S/C64H91N19O12S2/c1-80(49(31-38-15-5-3-6-16-38)56(89)79-46(34-41-19-13-29-96-41)54(87)78-45(61(94)95)23-11-27-74-64(70)71)59(92)51(32-39-17-7-4-8-18-39)81(2)57(90)47(35-42-20-14-30-97-42)76-52(85)36-75-55(88)50-33-40(84)37-83(50)60(93)48-24-12-28-82(48)58(91)44(22-10-26-73-63(68)69)77-53(86)43(65)21-9-25-72-62(66)67/h3-8,13-20,29-30,40,43-51,84H,9-12,21-28,31-37,65H2,1-2H3,(H,75,88)(H,76,85)(H,77,86)(H,78,87)(H,79,89)(H,94,95)(H4,66,67,72)(H4,68,69,73)(H4,70,71,74)/t40-,43-,44+,45+,46+,47+,48+,49+,50+,51+/m1/s1. The summed E-state index contributed by atoms with van der Waals surface area (Å²) >= 11 is 2.62. The van der Waals surface area contributed by atoms with Crippen LogP contribution in [0.1, 0.15) is 78.7 Å². The average Bonchev–Trinajstić information content (AvgIpc) is 1.79. The number of nitrogens with one attached hydrogen (secondary N) is 5. The minimum absolute atomic E-state index is 0.0374. The van der Waals surface area contributed by atoms with Gasteiger partial charge in [0.25, 0.3) is 0 Å². The highest BCUT2D eigenvalue weighted by molar-refractivity contribution is 7.10. The van der Waals surface area contributed by atoms with E-state index in [2.05, 4.69) is 41.6 Å². The minimum atomic E-state index is -1.38. The Morgan fingerprint density at radius 3 is 1.62 bits per heavy atom. The van der Waals surface area contributed by atoms with E-state index in [1.807, 2.05) is 0 Å². The van der Waals surface area contributed by atoms with Crippen LogP contribution in [0.15, 0.2) is 111 Å². The van der Waals surface area contributed by atoms with Gasteiger partial charge < -0.3 is 96.5 Å². The monoisotopic (exact) mass is 1380 g/mol. The van der Waals surface area contributed by atoms with Gasteiger partial charge in [0, 0.05) is 88.7 Å². The summed E-state index contributed by atoms with van der Waals surface area (Å²) in [7, 11) is 2.81. The van der Waals surface area contributed by atoms with Crippen molar-refractivity contribution in [1.29, 1.82) is 0 Å². The smallest absolute Gasteiger partial charge is 0.326 e. The van der Waals surface area contributed by atoms with E-state index in [0.29, 0.717) is 33.7 Å². The molecule has 31 nitrogen and oxygen atoms in total. The molecule has 2 aromatic heterocycles. The van der Waals surface area contributed by atoms with Gasteiger partial charge >= 0.3 is 5.97 Å². The molecular formula is C64H91N19O12S2. The lowest BCUT2D eigenvalue weighted by Gasteiger charge is -2.36. The first-order valence-electron chi connectivity index (χ1n) is 31.9. The molecule has 2 aliphatic heterocycles. The lowest BCUT2D eigenvalue weighted by atomic mass is 9.99. The van der Waals surface area contributed by atoms with Gasteiger partial charge in [-0.2, -0.15) is 0 Å². The van der Waals surface area contributed by atoms with Crippen LogP contribution in [0, 0.1) is 0 Å². The molecule has 6 rings (SSSR count). The molecule has 4 heterocycles. The molecular weight excluding hydrogens is 1290 g/mol. The number of amides is 9. The van der Waals surface area contributed by atoms with Gasteiger partial charge in [-0.1, -0.05) is 72.8 Å². The van der Waals surface area contributed by atoms with Crippen molar-refractivity contribution in [3.05, 3.63) is 117 Å². The molecule has 9 amide bonds. The van der Waals surface area contributed by atoms with E-state index in [9.17, 15) is 48.6 Å². The van der Waals surface area contributed by atoms with Gasteiger partial charge in [-0.05, 0) is 85.4 Å². The fourth-order valence-electron chi connectivity index (χ4n) is 11.4. The summed E-state index contributed by atoms with van der Waals surface area (Å²) in [4.78, 5) is 161. The number of carboxylic acid groups (broad SMARTS) is 1. The molecule has 526 valence electrons. The number of benzene rings is 2. The maximum absolute atomic E-state index is 15.4. The summed E-state index contributed by atoms with van der Waals surface area (Å²) in [6.07, 6.45) is 0.0193. The molecule has 0 spiro atoms. The van der Waals surface area contributed by atoms with Crippen LogP contribution in [-0.2, 0) is 73.6 Å². The molecule has 10 atom stereocenters. The average molecular weight is 1380 g/mol. The van der Waals surface area contributed by atoms with Crippen molar-refractivity contribution in [1.82, 2.24) is 46.2 Å². The number of hydrogen-bond acceptors (Lipinski definition) is 17. The zero-order valence-corrected chi connectivity index (χ0v) is 56.0. The number of nitrogens with two attached hydrogens (primary N) is 7. The van der Waals surface area contributed by atoms with Crippen LogP contribution in [-0.4, -0.2) is 221 Å². The van der Waals surface area contributed by atoms with Crippen LogP contribution in [0.2, 0.25) is 0 Å². The number of rotatable bonds is 37. The van der Waals surface area contributed by atoms with E-state index in [1.165, 1.54) is 56.4 Å². The molecule has 21 N–H and O–H groups in total. The molecule has 33 heteroatoms. The zero-order chi connectivity index (χ0) is 70.7. The van der Waals surface area contributed by atoms with E-state index in [-0.39, 0.29) is 121 Å². The first-order valence-corrected chi connectivity index (χ1v) is 33.6. The van der Waals surface area contributed by atoms with Crippen molar-refractivity contribution in [2.75, 3.05) is 53.4 Å². The van der Waals surface area contributed by atoms with Crippen LogP contribution in [0.3, 0.4) is 0 Å². The summed E-state index contributed by atoms with van der Waals surface area (Å²) in [5.41, 5.74) is 40.2. The van der Waals surface area contributed by atoms with E-state index < -0.39 is 126 Å². The molecule has 0 saturated carbocycles. The second kappa shape index (κ2) is 38.1. The van der Waals surface area contributed by atoms with Crippen LogP contribution in [0.25, 0.3) is 0 Å². The lowest BCUT2D eigenvalue weighted by molar-refractivity contribution is -0.149. The van der Waals surface area contributed by atoms with Gasteiger partial charge in [0.2, 0.25) is 53.2 Å².